The van der Waals surface area contributed by atoms with Gasteiger partial charge in [-0.05, 0) is 76.4 Å². The van der Waals surface area contributed by atoms with Crippen molar-refractivity contribution >= 4 is 53.1 Å². The summed E-state index contributed by atoms with van der Waals surface area (Å²) in [5.41, 5.74) is -3.61. The van der Waals surface area contributed by atoms with Gasteiger partial charge in [-0.1, -0.05) is 47.5 Å². The fourth-order valence-electron chi connectivity index (χ4n) is 4.77. The smallest absolute Gasteiger partial charge is 0.420 e. The van der Waals surface area contributed by atoms with Gasteiger partial charge in [-0.15, -0.1) is 11.8 Å². The van der Waals surface area contributed by atoms with Gasteiger partial charge in [-0.2, -0.15) is 13.2 Å². The highest BCUT2D eigenvalue weighted by atomic mass is 35.5. The second kappa shape index (κ2) is 12.4. The normalized spacial score (nSPS) is 23.1. The molecule has 1 aliphatic heterocycles. The van der Waals surface area contributed by atoms with Crippen molar-refractivity contribution in [3.63, 3.8) is 0 Å². The summed E-state index contributed by atoms with van der Waals surface area (Å²) in [4.78, 5) is 38.9. The van der Waals surface area contributed by atoms with Crippen LogP contribution in [0.1, 0.15) is 70.7 Å². The number of benzene rings is 2. The number of carboxylic acid groups (broad SMARTS) is 1. The third kappa shape index (κ3) is 7.35. The lowest BCUT2D eigenvalue weighted by Gasteiger charge is -2.33. The molecule has 3 unspecified atom stereocenters. The number of rotatable bonds is 6. The molecule has 0 bridgehead atoms. The van der Waals surface area contributed by atoms with Crippen molar-refractivity contribution in [1.82, 2.24) is 4.90 Å². The van der Waals surface area contributed by atoms with Crippen LogP contribution in [0.5, 0.6) is 0 Å². The molecule has 14 heteroatoms. The number of halogens is 5. The van der Waals surface area contributed by atoms with E-state index in [9.17, 15) is 37.8 Å². The van der Waals surface area contributed by atoms with Gasteiger partial charge in [0.05, 0.1) is 12.1 Å². The molecule has 0 aliphatic carbocycles. The van der Waals surface area contributed by atoms with Crippen molar-refractivity contribution in [2.45, 2.75) is 87.5 Å². The van der Waals surface area contributed by atoms with E-state index in [-0.39, 0.29) is 27.4 Å². The second-order valence-electron chi connectivity index (χ2n) is 11.5. The van der Waals surface area contributed by atoms with Crippen LogP contribution in [-0.2, 0) is 24.6 Å². The van der Waals surface area contributed by atoms with Crippen molar-refractivity contribution in [2.24, 2.45) is 0 Å². The van der Waals surface area contributed by atoms with Crippen LogP contribution < -0.4 is 0 Å². The Morgan fingerprint density at radius 3 is 1.95 bits per heavy atom. The lowest BCUT2D eigenvalue weighted by atomic mass is 9.79. The van der Waals surface area contributed by atoms with E-state index >= 15 is 0 Å². The Hall–Kier alpha value is -2.67. The van der Waals surface area contributed by atoms with Crippen molar-refractivity contribution in [1.29, 1.82) is 0 Å². The van der Waals surface area contributed by atoms with Crippen LogP contribution in [0, 0.1) is 0 Å². The van der Waals surface area contributed by atoms with Crippen LogP contribution in [0.25, 0.3) is 0 Å². The Morgan fingerprint density at radius 1 is 0.977 bits per heavy atom. The van der Waals surface area contributed by atoms with E-state index in [0.717, 1.165) is 17.0 Å². The quantitative estimate of drug-likeness (QED) is 0.318. The average Bonchev–Trinajstić information content (AvgIpc) is 3.18. The number of hydrogen-bond acceptors (Lipinski definition) is 7. The Balaban J connectivity index is 2.06. The lowest BCUT2D eigenvalue weighted by Crippen LogP contribution is -2.43. The zero-order valence-electron chi connectivity index (χ0n) is 24.2. The molecule has 43 heavy (non-hydrogen) atoms. The number of aliphatic carboxylic acids is 1. The molecule has 2 aromatic rings. The van der Waals surface area contributed by atoms with E-state index in [0.29, 0.717) is 5.56 Å². The molecule has 0 saturated carbocycles. The molecule has 2 amide bonds. The van der Waals surface area contributed by atoms with Gasteiger partial charge in [0, 0.05) is 16.5 Å². The number of carbonyl (C=O) groups is 3. The second-order valence-corrected chi connectivity index (χ2v) is 13.8. The lowest BCUT2D eigenvalue weighted by molar-refractivity contribution is -0.173. The van der Waals surface area contributed by atoms with Crippen molar-refractivity contribution < 1.29 is 47.2 Å². The predicted molar refractivity (Wildman–Crippen MR) is 156 cm³/mol. The molecule has 8 nitrogen and oxygen atoms in total. The van der Waals surface area contributed by atoms with Gasteiger partial charge in [0.15, 0.2) is 0 Å². The molecular weight excluding hydrogens is 634 g/mol. The molecule has 0 aromatic heterocycles. The standard InChI is InChI=1S/C29H32Cl2F3NO7S/c1-15(2)41-24(38)35(25(39)42-26(4,5)6)16(3)17-7-9-18(10-8-17)27(40)14-28(29(32,33)34,43-22(27)23(36)37)19-11-20(30)13-21(31)12-19/h7-13,15-16,22,40H,14H2,1-6H3,(H,36,37)/t16-,22?,27?,28?/m0/s1. The highest BCUT2D eigenvalue weighted by Crippen LogP contribution is 2.65. The molecule has 1 heterocycles. The summed E-state index contributed by atoms with van der Waals surface area (Å²) >= 11 is 12.1. The Labute approximate surface area is 261 Å². The molecule has 4 atom stereocenters. The number of thioether (sulfide) groups is 1. The maximum Gasteiger partial charge on any atom is 0.420 e. The Morgan fingerprint density at radius 2 is 1.51 bits per heavy atom. The predicted octanol–water partition coefficient (Wildman–Crippen LogP) is 8.07. The van der Waals surface area contributed by atoms with Crippen LogP contribution in [-0.4, -0.2) is 56.4 Å². The van der Waals surface area contributed by atoms with Gasteiger partial charge in [0.25, 0.3) is 0 Å². The third-order valence-corrected chi connectivity index (χ3v) is 8.96. The molecule has 2 N–H and O–H groups in total. The number of alkyl halides is 3. The summed E-state index contributed by atoms with van der Waals surface area (Å²) < 4.78 is 52.1. The number of ether oxygens (including phenoxy) is 2. The molecule has 3 rings (SSSR count). The van der Waals surface area contributed by atoms with E-state index in [1.807, 2.05) is 0 Å². The van der Waals surface area contributed by atoms with E-state index in [1.165, 1.54) is 37.3 Å². The number of imide groups is 1. The van der Waals surface area contributed by atoms with Gasteiger partial charge in [-0.3, -0.25) is 4.79 Å². The number of hydrogen-bond donors (Lipinski definition) is 2. The Bertz CT molecular complexity index is 1360. The number of carboxylic acids is 1. The van der Waals surface area contributed by atoms with Gasteiger partial charge >= 0.3 is 24.3 Å². The fourth-order valence-corrected chi connectivity index (χ4v) is 6.90. The van der Waals surface area contributed by atoms with Crippen molar-refractivity contribution in [3.05, 3.63) is 69.2 Å². The highest BCUT2D eigenvalue weighted by molar-refractivity contribution is 8.02. The van der Waals surface area contributed by atoms with E-state index in [4.69, 9.17) is 32.7 Å². The first-order chi connectivity index (χ1) is 19.6. The largest absolute Gasteiger partial charge is 0.480 e. The number of aliphatic hydroxyl groups is 1. The molecule has 1 fully saturated rings. The van der Waals surface area contributed by atoms with Crippen LogP contribution in [0.3, 0.4) is 0 Å². The van der Waals surface area contributed by atoms with Crippen LogP contribution >= 0.6 is 35.0 Å². The average molecular weight is 667 g/mol. The molecule has 0 radical (unpaired) electrons. The molecule has 2 aromatic carbocycles. The number of nitrogens with zero attached hydrogens (tertiary/aromatic N) is 1. The minimum atomic E-state index is -5.01. The van der Waals surface area contributed by atoms with E-state index in [1.54, 1.807) is 34.6 Å². The maximum atomic E-state index is 14.8. The zero-order valence-corrected chi connectivity index (χ0v) is 26.5. The summed E-state index contributed by atoms with van der Waals surface area (Å²) in [6.07, 6.45) is -8.59. The third-order valence-electron chi connectivity index (χ3n) is 6.69. The molecule has 1 aliphatic rings. The first-order valence-corrected chi connectivity index (χ1v) is 14.7. The van der Waals surface area contributed by atoms with Crippen molar-refractivity contribution in [3.8, 4) is 0 Å². The minimum Gasteiger partial charge on any atom is -0.480 e. The summed E-state index contributed by atoms with van der Waals surface area (Å²) in [5, 5.41) is 19.6. The van der Waals surface area contributed by atoms with Crippen LogP contribution in [0.15, 0.2) is 42.5 Å². The van der Waals surface area contributed by atoms with Gasteiger partial charge in [-0.25, -0.2) is 14.5 Å². The molecule has 0 spiro atoms. The summed E-state index contributed by atoms with van der Waals surface area (Å²) in [6, 6.07) is 7.66. The van der Waals surface area contributed by atoms with E-state index in [2.05, 4.69) is 0 Å². The van der Waals surface area contributed by atoms with Crippen LogP contribution in [0.4, 0.5) is 22.8 Å². The molecule has 1 saturated heterocycles. The highest BCUT2D eigenvalue weighted by Gasteiger charge is 2.69. The molecule has 236 valence electrons. The van der Waals surface area contributed by atoms with Crippen molar-refractivity contribution in [2.75, 3.05) is 0 Å². The van der Waals surface area contributed by atoms with Crippen LogP contribution in [0.2, 0.25) is 10.0 Å². The van der Waals surface area contributed by atoms with Gasteiger partial charge in [0.2, 0.25) is 0 Å². The maximum absolute atomic E-state index is 14.8. The van der Waals surface area contributed by atoms with Gasteiger partial charge in [0.1, 0.15) is 21.2 Å². The molecular formula is C29H32Cl2F3NO7S. The zero-order chi connectivity index (χ0) is 32.7. The summed E-state index contributed by atoms with van der Waals surface area (Å²) in [5.74, 6) is -1.66. The summed E-state index contributed by atoms with van der Waals surface area (Å²) in [7, 11) is 0. The first-order valence-electron chi connectivity index (χ1n) is 13.1. The SMILES string of the molecule is CC(C)OC(=O)N(C(=O)OC(C)(C)C)[C@@H](C)c1ccc(C2(O)CC(c3cc(Cl)cc(Cl)c3)(C(F)(F)F)SC2C(=O)O)cc1. The van der Waals surface area contributed by atoms with Gasteiger partial charge < -0.3 is 19.7 Å². The summed E-state index contributed by atoms with van der Waals surface area (Å²) in [6.45, 7) is 9.57. The van der Waals surface area contributed by atoms with E-state index < -0.39 is 69.7 Å². The first kappa shape index (κ1) is 34.8. The Kier molecular flexibility index (Phi) is 10.0. The monoisotopic (exact) mass is 665 g/mol. The number of amides is 2. The topological polar surface area (TPSA) is 113 Å². The fraction of sp³-hybridized carbons (Fsp3) is 0.483. The number of carbonyl (C=O) groups excluding carboxylic acids is 2. The minimum absolute atomic E-state index is 0.0571.